The average Bonchev–Trinajstić information content (AvgIpc) is 3.06. The van der Waals surface area contributed by atoms with Gasteiger partial charge in [-0.15, -0.1) is 0 Å². The fourth-order valence-corrected chi connectivity index (χ4v) is 3.30. The molecule has 1 amide bonds. The van der Waals surface area contributed by atoms with Crippen molar-refractivity contribution in [3.05, 3.63) is 18.2 Å². The van der Waals surface area contributed by atoms with Crippen LogP contribution in [0.3, 0.4) is 0 Å². The highest BCUT2D eigenvalue weighted by molar-refractivity contribution is 5.82. The Hall–Kier alpha value is -1.32. The predicted molar refractivity (Wildman–Crippen MR) is 73.6 cm³/mol. The second-order valence-corrected chi connectivity index (χ2v) is 6.04. The molecule has 3 rings (SSSR count). The molecule has 2 N–H and O–H groups in total. The molecule has 2 aliphatic carbocycles. The van der Waals surface area contributed by atoms with Gasteiger partial charge in [0.05, 0.1) is 6.33 Å². The van der Waals surface area contributed by atoms with Gasteiger partial charge in [-0.2, -0.15) is 0 Å². The van der Waals surface area contributed by atoms with Gasteiger partial charge in [0, 0.05) is 30.3 Å². The standard InChI is InChI=1S/C15H23N3O/c19-15(13-8-12(13)14-9-16-10-18-14)17-7-6-11-4-2-1-3-5-11/h9-13H,1-8H2,(H,16,18)(H,17,19)/t12-,13-/m0/s1. The zero-order valence-corrected chi connectivity index (χ0v) is 11.4. The van der Waals surface area contributed by atoms with Gasteiger partial charge in [-0.05, 0) is 18.8 Å². The van der Waals surface area contributed by atoms with Crippen LogP contribution in [0.5, 0.6) is 0 Å². The smallest absolute Gasteiger partial charge is 0.223 e. The molecule has 2 fully saturated rings. The summed E-state index contributed by atoms with van der Waals surface area (Å²) in [5, 5.41) is 3.11. The summed E-state index contributed by atoms with van der Waals surface area (Å²) < 4.78 is 0. The zero-order chi connectivity index (χ0) is 13.1. The second kappa shape index (κ2) is 5.76. The van der Waals surface area contributed by atoms with E-state index >= 15 is 0 Å². The van der Waals surface area contributed by atoms with Crippen LogP contribution in [0.1, 0.15) is 56.6 Å². The SMILES string of the molecule is O=C(NCCC1CCCCC1)[C@H]1C[C@@H]1c1cnc[nH]1. The van der Waals surface area contributed by atoms with Gasteiger partial charge in [0.2, 0.25) is 5.91 Å². The minimum Gasteiger partial charge on any atom is -0.356 e. The Kier molecular flexibility index (Phi) is 3.85. The first-order valence-corrected chi connectivity index (χ1v) is 7.60. The van der Waals surface area contributed by atoms with Crippen LogP contribution in [0.25, 0.3) is 0 Å². The summed E-state index contributed by atoms with van der Waals surface area (Å²) in [6.07, 6.45) is 12.5. The third kappa shape index (κ3) is 3.17. The number of H-pyrrole nitrogens is 1. The Morgan fingerprint density at radius 1 is 1.37 bits per heavy atom. The van der Waals surface area contributed by atoms with Crippen molar-refractivity contribution in [3.8, 4) is 0 Å². The van der Waals surface area contributed by atoms with Crippen LogP contribution in [0.4, 0.5) is 0 Å². The molecular formula is C15H23N3O. The van der Waals surface area contributed by atoms with Crippen molar-refractivity contribution in [1.29, 1.82) is 0 Å². The largest absolute Gasteiger partial charge is 0.356 e. The maximum atomic E-state index is 12.0. The van der Waals surface area contributed by atoms with E-state index < -0.39 is 0 Å². The number of rotatable bonds is 5. The topological polar surface area (TPSA) is 57.8 Å². The maximum absolute atomic E-state index is 12.0. The molecule has 0 radical (unpaired) electrons. The summed E-state index contributed by atoms with van der Waals surface area (Å²) >= 11 is 0. The highest BCUT2D eigenvalue weighted by Crippen LogP contribution is 2.46. The van der Waals surface area contributed by atoms with Crippen LogP contribution < -0.4 is 5.32 Å². The van der Waals surface area contributed by atoms with Crippen molar-refractivity contribution in [3.63, 3.8) is 0 Å². The molecule has 1 aromatic rings. The average molecular weight is 261 g/mol. The zero-order valence-electron chi connectivity index (χ0n) is 11.4. The monoisotopic (exact) mass is 261 g/mol. The molecule has 0 saturated heterocycles. The van der Waals surface area contributed by atoms with E-state index in [-0.39, 0.29) is 11.8 Å². The first-order chi connectivity index (χ1) is 9.34. The number of hydrogen-bond acceptors (Lipinski definition) is 2. The van der Waals surface area contributed by atoms with Crippen molar-refractivity contribution >= 4 is 5.91 Å². The maximum Gasteiger partial charge on any atom is 0.223 e. The van der Waals surface area contributed by atoms with Crippen LogP contribution in [-0.2, 0) is 4.79 Å². The Labute approximate surface area is 114 Å². The highest BCUT2D eigenvalue weighted by Gasteiger charge is 2.44. The number of imidazole rings is 1. The second-order valence-electron chi connectivity index (χ2n) is 6.04. The molecule has 2 aliphatic rings. The van der Waals surface area contributed by atoms with E-state index in [0.717, 1.165) is 31.0 Å². The molecule has 4 nitrogen and oxygen atoms in total. The van der Waals surface area contributed by atoms with Crippen LogP contribution >= 0.6 is 0 Å². The molecule has 0 spiro atoms. The van der Waals surface area contributed by atoms with Crippen molar-refractivity contribution < 1.29 is 4.79 Å². The van der Waals surface area contributed by atoms with Gasteiger partial charge in [-0.1, -0.05) is 32.1 Å². The van der Waals surface area contributed by atoms with E-state index in [4.69, 9.17) is 0 Å². The molecule has 0 bridgehead atoms. The molecule has 104 valence electrons. The molecule has 2 saturated carbocycles. The van der Waals surface area contributed by atoms with Gasteiger partial charge in [0.1, 0.15) is 0 Å². The minimum atomic E-state index is 0.173. The van der Waals surface area contributed by atoms with Crippen molar-refractivity contribution in [2.45, 2.75) is 50.9 Å². The van der Waals surface area contributed by atoms with E-state index in [1.54, 1.807) is 6.33 Å². The van der Waals surface area contributed by atoms with E-state index in [0.29, 0.717) is 5.92 Å². The first kappa shape index (κ1) is 12.7. The van der Waals surface area contributed by atoms with Gasteiger partial charge in [-0.25, -0.2) is 4.98 Å². The summed E-state index contributed by atoms with van der Waals surface area (Å²) in [7, 11) is 0. The summed E-state index contributed by atoms with van der Waals surface area (Å²) in [5.74, 6) is 1.62. The summed E-state index contributed by atoms with van der Waals surface area (Å²) in [6, 6.07) is 0. The van der Waals surface area contributed by atoms with Crippen LogP contribution in [0, 0.1) is 11.8 Å². The van der Waals surface area contributed by atoms with Crippen molar-refractivity contribution in [1.82, 2.24) is 15.3 Å². The normalized spacial score (nSPS) is 27.2. The van der Waals surface area contributed by atoms with Gasteiger partial charge < -0.3 is 10.3 Å². The van der Waals surface area contributed by atoms with Gasteiger partial charge in [0.15, 0.2) is 0 Å². The molecule has 4 heteroatoms. The lowest BCUT2D eigenvalue weighted by molar-refractivity contribution is -0.122. The number of nitrogens with zero attached hydrogens (tertiary/aromatic N) is 1. The van der Waals surface area contributed by atoms with Gasteiger partial charge >= 0.3 is 0 Å². The summed E-state index contributed by atoms with van der Waals surface area (Å²) in [4.78, 5) is 19.1. The first-order valence-electron chi connectivity index (χ1n) is 7.60. The number of amides is 1. The van der Waals surface area contributed by atoms with Gasteiger partial charge in [0.25, 0.3) is 0 Å². The minimum absolute atomic E-state index is 0.173. The number of nitrogens with one attached hydrogen (secondary N) is 2. The molecule has 19 heavy (non-hydrogen) atoms. The molecule has 0 unspecified atom stereocenters. The Morgan fingerprint density at radius 2 is 2.21 bits per heavy atom. The summed E-state index contributed by atoms with van der Waals surface area (Å²) in [6.45, 7) is 0.857. The fourth-order valence-electron chi connectivity index (χ4n) is 3.30. The van der Waals surface area contributed by atoms with Crippen LogP contribution in [-0.4, -0.2) is 22.4 Å². The molecule has 0 aliphatic heterocycles. The predicted octanol–water partition coefficient (Wildman–Crippen LogP) is 2.60. The number of carbonyl (C=O) groups excluding carboxylic acids is 1. The summed E-state index contributed by atoms with van der Waals surface area (Å²) in [5.41, 5.74) is 1.10. The van der Waals surface area contributed by atoms with Crippen LogP contribution in [0.2, 0.25) is 0 Å². The third-order valence-corrected chi connectivity index (χ3v) is 4.62. The lowest BCUT2D eigenvalue weighted by atomic mass is 9.87. The lowest BCUT2D eigenvalue weighted by Gasteiger charge is -2.21. The van der Waals surface area contributed by atoms with E-state index in [2.05, 4.69) is 15.3 Å². The quantitative estimate of drug-likeness (QED) is 0.856. The lowest BCUT2D eigenvalue weighted by Crippen LogP contribution is -2.28. The molecule has 2 atom stereocenters. The molecule has 0 aromatic carbocycles. The van der Waals surface area contributed by atoms with Crippen molar-refractivity contribution in [2.75, 3.05) is 6.54 Å². The third-order valence-electron chi connectivity index (χ3n) is 4.62. The van der Waals surface area contributed by atoms with E-state index in [9.17, 15) is 4.79 Å². The van der Waals surface area contributed by atoms with Gasteiger partial charge in [-0.3, -0.25) is 4.79 Å². The number of hydrogen-bond donors (Lipinski definition) is 2. The Balaban J connectivity index is 1.36. The number of aromatic amines is 1. The number of aromatic nitrogens is 2. The molecule has 1 aromatic heterocycles. The molecular weight excluding hydrogens is 238 g/mol. The van der Waals surface area contributed by atoms with E-state index in [1.807, 2.05) is 6.20 Å². The fraction of sp³-hybridized carbons (Fsp3) is 0.733. The van der Waals surface area contributed by atoms with Crippen molar-refractivity contribution in [2.24, 2.45) is 11.8 Å². The molecule has 1 heterocycles. The Morgan fingerprint density at radius 3 is 2.95 bits per heavy atom. The van der Waals surface area contributed by atoms with Crippen LogP contribution in [0.15, 0.2) is 12.5 Å². The highest BCUT2D eigenvalue weighted by atomic mass is 16.2. The van der Waals surface area contributed by atoms with E-state index in [1.165, 1.54) is 32.1 Å². The Bertz CT molecular complexity index is 409. The number of carbonyl (C=O) groups is 1.